The van der Waals surface area contributed by atoms with Crippen LogP contribution in [0.15, 0.2) is 29.0 Å². The van der Waals surface area contributed by atoms with Crippen molar-refractivity contribution in [3.05, 3.63) is 29.0 Å². The van der Waals surface area contributed by atoms with Crippen LogP contribution in [0, 0.1) is 0 Å². The molecule has 1 rings (SSSR count). The first-order chi connectivity index (χ1) is 3.39. The third-order valence-electron chi connectivity index (χ3n) is 0.625. The second-order valence-electron chi connectivity index (χ2n) is 1.17. The zero-order chi connectivity index (χ0) is 5.11. The minimum atomic E-state index is 0. The normalized spacial score (nSPS) is 7.62. The molecule has 0 aliphatic rings. The average Bonchev–Trinajstić information content (AvgIpc) is 1.69. The topological polar surface area (TPSA) is 12.9 Å². The van der Waals surface area contributed by atoms with Crippen LogP contribution >= 0.6 is 15.9 Å². The van der Waals surface area contributed by atoms with Crippen molar-refractivity contribution in [2.24, 2.45) is 0 Å². The minimum Gasteiger partial charge on any atom is -1.00 e. The van der Waals surface area contributed by atoms with Crippen LogP contribution in [0.25, 0.3) is 0 Å². The van der Waals surface area contributed by atoms with Crippen molar-refractivity contribution in [1.29, 1.82) is 0 Å². The molecule has 1 nitrogen and oxygen atoms in total. The van der Waals surface area contributed by atoms with E-state index in [0.717, 1.165) is 4.47 Å². The number of aromatic nitrogens is 1. The van der Waals surface area contributed by atoms with Crippen molar-refractivity contribution in [3.63, 3.8) is 0 Å². The average molecular weight is 198 g/mol. The Labute approximate surface area is 101 Å². The summed E-state index contributed by atoms with van der Waals surface area (Å²) in [5.41, 5.74) is 0. The van der Waals surface area contributed by atoms with Crippen molar-refractivity contribution < 1.29 is 52.8 Å². The Morgan fingerprint density at radius 3 is 2.62 bits per heavy atom. The summed E-state index contributed by atoms with van der Waals surface area (Å²) in [6.45, 7) is 0. The molecule has 0 saturated carbocycles. The van der Waals surface area contributed by atoms with Gasteiger partial charge in [0.1, 0.15) is 0 Å². The van der Waals surface area contributed by atoms with Gasteiger partial charge in [0.2, 0.25) is 0 Å². The molecule has 8 heavy (non-hydrogen) atoms. The quantitative estimate of drug-likeness (QED) is 0.485. The molecule has 0 fully saturated rings. The van der Waals surface area contributed by atoms with Crippen molar-refractivity contribution in [2.75, 3.05) is 0 Å². The van der Waals surface area contributed by atoms with Crippen molar-refractivity contribution in [2.45, 2.75) is 0 Å². The third kappa shape index (κ3) is 3.32. The Balaban J connectivity index is 0. The first kappa shape index (κ1) is 9.27. The molecule has 0 aliphatic carbocycles. The predicted octanol–water partition coefficient (Wildman–Crippen LogP) is -1.04. The predicted molar refractivity (Wildman–Crippen MR) is 33.0 cm³/mol. The van der Waals surface area contributed by atoms with E-state index in [4.69, 9.17) is 0 Å². The van der Waals surface area contributed by atoms with Gasteiger partial charge in [-0.05, 0) is 28.1 Å². The zero-order valence-electron chi connectivity index (χ0n) is 5.63. The molecule has 0 bridgehead atoms. The van der Waals surface area contributed by atoms with E-state index < -0.39 is 0 Å². The van der Waals surface area contributed by atoms with E-state index in [1.807, 2.05) is 12.1 Å². The van der Waals surface area contributed by atoms with E-state index in [1.54, 1.807) is 12.4 Å². The largest absolute Gasteiger partial charge is 1.00 e. The fourth-order valence-electron chi connectivity index (χ4n) is 0.342. The number of hydrogen-bond acceptors (Lipinski definition) is 1. The summed E-state index contributed by atoms with van der Waals surface area (Å²) in [6.07, 6.45) is 3.49. The summed E-state index contributed by atoms with van der Waals surface area (Å²) >= 11 is 3.25. The molecule has 0 spiro atoms. The van der Waals surface area contributed by atoms with E-state index in [1.165, 1.54) is 0 Å². The van der Waals surface area contributed by atoms with Gasteiger partial charge in [0.25, 0.3) is 0 Å². The number of hydrogen-bond donors (Lipinski definition) is 0. The zero-order valence-corrected chi connectivity index (χ0v) is 9.34. The summed E-state index contributed by atoms with van der Waals surface area (Å²) in [5.74, 6) is 0. The fraction of sp³-hybridized carbons (Fsp3) is 0. The third-order valence-corrected chi connectivity index (χ3v) is 1.09. The van der Waals surface area contributed by atoms with Gasteiger partial charge >= 0.3 is 51.4 Å². The van der Waals surface area contributed by atoms with Crippen LogP contribution < -0.4 is 51.4 Å². The number of halogens is 1. The molecule has 38 valence electrons. The summed E-state index contributed by atoms with van der Waals surface area (Å²) < 4.78 is 1.02. The molecule has 1 heterocycles. The Kier molecular flexibility index (Phi) is 5.89. The molecular weight excluding hydrogens is 193 g/mol. The molecule has 0 radical (unpaired) electrons. The van der Waals surface area contributed by atoms with Gasteiger partial charge in [-0.1, -0.05) is 0 Å². The van der Waals surface area contributed by atoms with Crippen LogP contribution in [0.1, 0.15) is 1.43 Å². The Hall–Kier alpha value is 1.27. The van der Waals surface area contributed by atoms with E-state index in [-0.39, 0.29) is 52.8 Å². The van der Waals surface area contributed by atoms with Crippen LogP contribution in [0.2, 0.25) is 0 Å². The fourth-order valence-corrected chi connectivity index (χ4v) is 0.613. The van der Waals surface area contributed by atoms with Gasteiger partial charge in [0.15, 0.2) is 0 Å². The van der Waals surface area contributed by atoms with Gasteiger partial charge in [0.05, 0.1) is 0 Å². The van der Waals surface area contributed by atoms with Gasteiger partial charge in [0, 0.05) is 16.9 Å². The van der Waals surface area contributed by atoms with Crippen LogP contribution in [-0.4, -0.2) is 4.98 Å². The Morgan fingerprint density at radius 2 is 2.38 bits per heavy atom. The summed E-state index contributed by atoms with van der Waals surface area (Å²) in [6, 6.07) is 3.82. The van der Waals surface area contributed by atoms with E-state index >= 15 is 0 Å². The first-order valence-electron chi connectivity index (χ1n) is 1.95. The molecule has 0 amide bonds. The van der Waals surface area contributed by atoms with Gasteiger partial charge in [-0.3, -0.25) is 4.98 Å². The Bertz CT molecular complexity index is 147. The smallest absolute Gasteiger partial charge is 1.00 e. The summed E-state index contributed by atoms with van der Waals surface area (Å²) in [4.78, 5) is 3.84. The molecule has 1 aromatic heterocycles. The molecular formula is C5H5BrKN. The van der Waals surface area contributed by atoms with Gasteiger partial charge < -0.3 is 1.43 Å². The summed E-state index contributed by atoms with van der Waals surface area (Å²) in [7, 11) is 0. The summed E-state index contributed by atoms with van der Waals surface area (Å²) in [5, 5.41) is 0. The number of nitrogens with zero attached hydrogens (tertiary/aromatic N) is 1. The molecule has 0 unspecified atom stereocenters. The first-order valence-corrected chi connectivity index (χ1v) is 2.74. The maximum atomic E-state index is 3.84. The van der Waals surface area contributed by atoms with Crippen molar-refractivity contribution in [3.8, 4) is 0 Å². The van der Waals surface area contributed by atoms with Crippen molar-refractivity contribution in [1.82, 2.24) is 4.98 Å². The van der Waals surface area contributed by atoms with Crippen LogP contribution in [-0.2, 0) is 0 Å². The van der Waals surface area contributed by atoms with E-state index in [2.05, 4.69) is 20.9 Å². The molecule has 1 aromatic rings. The SMILES string of the molecule is Brc1cccnc1.[H-].[K+]. The second kappa shape index (κ2) is 5.08. The molecule has 0 aliphatic heterocycles. The monoisotopic (exact) mass is 197 g/mol. The maximum absolute atomic E-state index is 3.84. The van der Waals surface area contributed by atoms with Crippen LogP contribution in [0.5, 0.6) is 0 Å². The molecule has 0 N–H and O–H groups in total. The van der Waals surface area contributed by atoms with Gasteiger partial charge in [-0.2, -0.15) is 0 Å². The van der Waals surface area contributed by atoms with Gasteiger partial charge in [-0.15, -0.1) is 0 Å². The molecule has 3 heteroatoms. The van der Waals surface area contributed by atoms with Crippen LogP contribution in [0.4, 0.5) is 0 Å². The molecule has 0 aromatic carbocycles. The Morgan fingerprint density at radius 1 is 1.62 bits per heavy atom. The van der Waals surface area contributed by atoms with E-state index in [9.17, 15) is 0 Å². The van der Waals surface area contributed by atoms with Crippen LogP contribution in [0.3, 0.4) is 0 Å². The second-order valence-corrected chi connectivity index (χ2v) is 2.09. The molecule has 0 saturated heterocycles. The molecule has 0 atom stereocenters. The number of pyridine rings is 1. The minimum absolute atomic E-state index is 0. The van der Waals surface area contributed by atoms with E-state index in [0.29, 0.717) is 0 Å². The standard InChI is InChI=1S/C5H4BrN.K.H/c6-5-2-1-3-7-4-5;;/h1-4H;;/q;+1;-1. The van der Waals surface area contributed by atoms with Gasteiger partial charge in [-0.25, -0.2) is 0 Å². The number of rotatable bonds is 0. The van der Waals surface area contributed by atoms with Crippen molar-refractivity contribution >= 4 is 15.9 Å². The maximum Gasteiger partial charge on any atom is 1.00 e.